The van der Waals surface area contributed by atoms with Crippen LogP contribution in [0.15, 0.2) is 64.7 Å². The number of fused-ring (bicyclic) bond motifs is 2. The number of unbranched alkanes of at least 4 members (excludes halogenated alkanes) is 2. The highest BCUT2D eigenvalue weighted by molar-refractivity contribution is 5.88. The molecule has 1 unspecified atom stereocenters. The van der Waals surface area contributed by atoms with Crippen LogP contribution in [0, 0.1) is 35.5 Å². The fourth-order valence-electron chi connectivity index (χ4n) is 9.79. The van der Waals surface area contributed by atoms with E-state index in [1.165, 1.54) is 0 Å². The number of hydrogen-bond donors (Lipinski definition) is 13. The van der Waals surface area contributed by atoms with Gasteiger partial charge in [-0.25, -0.2) is 4.79 Å². The standard InChI is InChI=1S/C59H104N4O15/c1-35(2)53(60)57(74)76-45-29-43(64)28-44(65)30-48(67)36(3)21-18-23-40(7)54(39(6)20-16-14-12-13-15-17-27-63-58(61-10)62-11)77-56(73)41(8)24-19-22-37(4)49(68)33-50(69)42(9)47(66)26-25-38(5)52(71)34-59(75)55(72)51(70)32-46(31-45)78-59/h12-13,18-19,21-24,35,37-40,42-55,64-72,75H,14-17,20,25-34,60H2,1-11H3,(H2,61,62,63)/b13-12+,22-19+,23-18+,36-21-,41-24-/t37-,38-,39-,40-,42-,43-,44+,45+,46+,47+,48+,49-,50-,51-,52-,53?,54+,55-,59-/m0/s1. The molecule has 2 aliphatic rings. The normalized spacial score (nSPS) is 37.8. The van der Waals surface area contributed by atoms with Crippen molar-refractivity contribution in [3.63, 3.8) is 0 Å². The summed E-state index contributed by atoms with van der Waals surface area (Å²) in [6, 6.07) is -1.02. The largest absolute Gasteiger partial charge is 0.461 e. The van der Waals surface area contributed by atoms with E-state index >= 15 is 0 Å². The minimum Gasteiger partial charge on any atom is -0.461 e. The first-order chi connectivity index (χ1) is 36.6. The van der Waals surface area contributed by atoms with Crippen molar-refractivity contribution in [1.29, 1.82) is 0 Å². The van der Waals surface area contributed by atoms with E-state index in [0.717, 1.165) is 44.6 Å². The Labute approximate surface area is 465 Å². The van der Waals surface area contributed by atoms with Crippen LogP contribution in [0.4, 0.5) is 0 Å². The molecule has 0 amide bonds. The fourth-order valence-corrected chi connectivity index (χ4v) is 9.79. The summed E-state index contributed by atoms with van der Waals surface area (Å²) in [5.41, 5.74) is 6.98. The molecule has 19 nitrogen and oxygen atoms in total. The number of rotatable bonds is 12. The maximum absolute atomic E-state index is 13.7. The van der Waals surface area contributed by atoms with Gasteiger partial charge in [0, 0.05) is 82.5 Å². The molecule has 0 aromatic rings. The Balaban J connectivity index is 2.45. The number of hydrogen-bond acceptors (Lipinski definition) is 17. The van der Waals surface area contributed by atoms with Crippen LogP contribution in [0.5, 0.6) is 0 Å². The molecular weight excluding hydrogens is 1000 g/mol. The van der Waals surface area contributed by atoms with E-state index in [0.29, 0.717) is 11.1 Å². The van der Waals surface area contributed by atoms with Crippen LogP contribution in [0.25, 0.3) is 0 Å². The Morgan fingerprint density at radius 2 is 1.44 bits per heavy atom. The van der Waals surface area contributed by atoms with Crippen LogP contribution in [0.3, 0.4) is 0 Å². The number of nitrogens with two attached hydrogens (primary N) is 1. The van der Waals surface area contributed by atoms with Gasteiger partial charge in [-0.05, 0) is 88.5 Å². The van der Waals surface area contributed by atoms with Crippen LogP contribution < -0.4 is 16.4 Å². The summed E-state index contributed by atoms with van der Waals surface area (Å²) in [5.74, 6) is -5.29. The van der Waals surface area contributed by atoms with Crippen LogP contribution in [0.1, 0.15) is 152 Å². The first kappa shape index (κ1) is 70.5. The Morgan fingerprint density at radius 1 is 0.808 bits per heavy atom. The first-order valence-corrected chi connectivity index (χ1v) is 28.6. The zero-order chi connectivity index (χ0) is 58.9. The Morgan fingerprint density at radius 3 is 2.08 bits per heavy atom. The maximum Gasteiger partial charge on any atom is 0.334 e. The number of aliphatic hydroxyl groups is 10. The predicted molar refractivity (Wildman–Crippen MR) is 302 cm³/mol. The van der Waals surface area contributed by atoms with E-state index in [1.807, 2.05) is 20.0 Å². The lowest BCUT2D eigenvalue weighted by atomic mass is 9.84. The molecule has 19 atom stereocenters. The Hall–Kier alpha value is -3.57. The Kier molecular flexibility index (Phi) is 32.6. The van der Waals surface area contributed by atoms with Gasteiger partial charge >= 0.3 is 11.9 Å². The van der Waals surface area contributed by atoms with Gasteiger partial charge in [0.2, 0.25) is 0 Å². The molecule has 2 aliphatic heterocycles. The van der Waals surface area contributed by atoms with Crippen LogP contribution in [-0.2, 0) is 23.8 Å². The van der Waals surface area contributed by atoms with Crippen molar-refractivity contribution >= 4 is 17.9 Å². The molecule has 0 radical (unpaired) electrons. The smallest absolute Gasteiger partial charge is 0.334 e. The second-order valence-corrected chi connectivity index (χ2v) is 22.9. The van der Waals surface area contributed by atoms with Crippen molar-refractivity contribution in [3.8, 4) is 0 Å². The van der Waals surface area contributed by atoms with Crippen molar-refractivity contribution in [2.45, 2.75) is 237 Å². The molecule has 450 valence electrons. The molecule has 2 heterocycles. The van der Waals surface area contributed by atoms with Gasteiger partial charge in [0.05, 0.1) is 54.9 Å². The SMILES string of the molecule is CN=C(NC)NCCC/C=C/CCC[C@H](C)[C@H]1OC(=O)/C(C)=C\C=C\[C@H](C)[C@@H](O)C[C@H](O)[C@@H](C)[C@H](O)CC[C@H](C)[C@@H](O)C[C@]2(O)O[C@H](C[C@H](OC(=O)C(N)C(C)C)C[C@@H](O)C[C@@H](O)C[C@@H](O)/C(C)=C\C=C\[C@@H]1C)C[C@H](O)[C@@H]2O. The number of aliphatic imine (C=N–C) groups is 1. The third-order valence-corrected chi connectivity index (χ3v) is 15.7. The summed E-state index contributed by atoms with van der Waals surface area (Å²) in [7, 11) is 3.54. The summed E-state index contributed by atoms with van der Waals surface area (Å²) in [6.45, 7) is 16.7. The predicted octanol–water partition coefficient (Wildman–Crippen LogP) is 4.14. The third-order valence-electron chi connectivity index (χ3n) is 15.7. The summed E-state index contributed by atoms with van der Waals surface area (Å²) in [4.78, 5) is 31.0. The van der Waals surface area contributed by atoms with Crippen LogP contribution in [0.2, 0.25) is 0 Å². The van der Waals surface area contributed by atoms with Crippen molar-refractivity contribution in [2.75, 3.05) is 20.6 Å². The van der Waals surface area contributed by atoms with E-state index in [9.17, 15) is 60.7 Å². The van der Waals surface area contributed by atoms with Gasteiger partial charge in [0.15, 0.2) is 11.7 Å². The molecule has 14 N–H and O–H groups in total. The van der Waals surface area contributed by atoms with Crippen LogP contribution >= 0.6 is 0 Å². The highest BCUT2D eigenvalue weighted by atomic mass is 16.7. The number of ether oxygens (including phenoxy) is 3. The number of nitrogens with zero attached hydrogens (tertiary/aromatic N) is 1. The summed E-state index contributed by atoms with van der Waals surface area (Å²) in [6.07, 6.45) is 3.86. The third kappa shape index (κ3) is 25.1. The van der Waals surface area contributed by atoms with Gasteiger partial charge in [0.1, 0.15) is 24.4 Å². The molecule has 0 spiro atoms. The zero-order valence-electron chi connectivity index (χ0n) is 48.7. The molecule has 19 heteroatoms. The number of aliphatic hydroxyl groups excluding tert-OH is 9. The number of carbonyl (C=O) groups excluding carboxylic acids is 2. The number of carbonyl (C=O) groups is 2. The lowest BCUT2D eigenvalue weighted by Crippen LogP contribution is -2.60. The number of cyclic esters (lactones) is 1. The van der Waals surface area contributed by atoms with Gasteiger partial charge in [-0.3, -0.25) is 9.79 Å². The Bertz CT molecular complexity index is 1930. The van der Waals surface area contributed by atoms with Gasteiger partial charge in [0.25, 0.3) is 0 Å². The second-order valence-electron chi connectivity index (χ2n) is 22.9. The first-order valence-electron chi connectivity index (χ1n) is 28.6. The molecule has 1 saturated heterocycles. The second kappa shape index (κ2) is 36.0. The van der Waals surface area contributed by atoms with Crippen molar-refractivity contribution in [1.82, 2.24) is 10.6 Å². The molecule has 2 bridgehead atoms. The molecule has 0 saturated carbocycles. The van der Waals surface area contributed by atoms with Gasteiger partial charge in [-0.15, -0.1) is 0 Å². The molecular formula is C59H104N4O15. The van der Waals surface area contributed by atoms with Gasteiger partial charge in [-0.2, -0.15) is 0 Å². The number of esters is 2. The number of nitrogens with one attached hydrogen (secondary N) is 2. The highest BCUT2D eigenvalue weighted by Crippen LogP contribution is 2.36. The maximum atomic E-state index is 13.7. The monoisotopic (exact) mass is 1110 g/mol. The van der Waals surface area contributed by atoms with E-state index in [2.05, 4.69) is 34.7 Å². The van der Waals surface area contributed by atoms with Crippen molar-refractivity contribution < 1.29 is 74.9 Å². The van der Waals surface area contributed by atoms with Gasteiger partial charge in [-0.1, -0.05) is 97.1 Å². The number of guanidine groups is 1. The average Bonchev–Trinajstić information content (AvgIpc) is 3.40. The molecule has 0 aromatic heterocycles. The van der Waals surface area contributed by atoms with Crippen LogP contribution in [-0.4, -0.2) is 175 Å². The summed E-state index contributed by atoms with van der Waals surface area (Å²) >= 11 is 0. The fraction of sp³-hybridized carbons (Fsp3) is 0.780. The molecule has 0 aliphatic carbocycles. The molecule has 1 fully saturated rings. The van der Waals surface area contributed by atoms with E-state index in [-0.39, 0.29) is 69.1 Å². The minimum atomic E-state index is -2.46. The van der Waals surface area contributed by atoms with E-state index < -0.39 is 121 Å². The molecule has 78 heavy (non-hydrogen) atoms. The molecule has 0 aromatic carbocycles. The summed E-state index contributed by atoms with van der Waals surface area (Å²) < 4.78 is 18.0. The number of allylic oxidation sites excluding steroid dienone is 6. The van der Waals surface area contributed by atoms with Gasteiger partial charge < -0.3 is 81.6 Å². The molecule has 2 rings (SSSR count). The lowest BCUT2D eigenvalue weighted by Gasteiger charge is -2.45. The lowest BCUT2D eigenvalue weighted by molar-refractivity contribution is -0.333. The van der Waals surface area contributed by atoms with E-state index in [4.69, 9.17) is 19.9 Å². The average molecular weight is 1110 g/mol. The highest BCUT2D eigenvalue weighted by Gasteiger charge is 2.50. The summed E-state index contributed by atoms with van der Waals surface area (Å²) in [5, 5.41) is 118. The van der Waals surface area contributed by atoms with Crippen molar-refractivity contribution in [2.24, 2.45) is 46.2 Å². The quantitative estimate of drug-likeness (QED) is 0.0429. The topological polar surface area (TPSA) is 327 Å². The zero-order valence-corrected chi connectivity index (χ0v) is 48.7. The minimum absolute atomic E-state index is 0.0395. The van der Waals surface area contributed by atoms with E-state index in [1.54, 1.807) is 85.9 Å². The van der Waals surface area contributed by atoms with Crippen molar-refractivity contribution in [3.05, 3.63) is 59.8 Å².